The standard InChI is InChI=1S/C16H15N3O4S/c1-22-12-4-3-9(5-13(12)23-2)14(20)17-7-10-6-11-15(21)18-8-19-16(11)24-10/h3-6,8H,7H2,1-2H3,(H,17,20)(H,18,19,21). The fourth-order valence-corrected chi connectivity index (χ4v) is 3.19. The SMILES string of the molecule is COc1ccc(C(=O)NCc2cc3c(=O)[nH]cnc3s2)cc1OC. The van der Waals surface area contributed by atoms with Crippen LogP contribution in [0.5, 0.6) is 11.5 Å². The first-order valence-electron chi connectivity index (χ1n) is 7.08. The molecule has 0 bridgehead atoms. The average molecular weight is 345 g/mol. The molecule has 1 amide bonds. The monoisotopic (exact) mass is 345 g/mol. The Kier molecular flexibility index (Phi) is 4.48. The van der Waals surface area contributed by atoms with Crippen molar-refractivity contribution in [1.82, 2.24) is 15.3 Å². The van der Waals surface area contributed by atoms with Gasteiger partial charge in [-0.2, -0.15) is 0 Å². The molecule has 0 spiro atoms. The second-order valence-corrected chi connectivity index (χ2v) is 6.03. The number of methoxy groups -OCH3 is 2. The summed E-state index contributed by atoms with van der Waals surface area (Å²) >= 11 is 1.37. The summed E-state index contributed by atoms with van der Waals surface area (Å²) in [7, 11) is 3.05. The van der Waals surface area contributed by atoms with Crippen LogP contribution in [0.4, 0.5) is 0 Å². The molecule has 0 aliphatic carbocycles. The van der Waals surface area contributed by atoms with Gasteiger partial charge in [0.05, 0.1) is 32.5 Å². The number of benzene rings is 1. The molecule has 0 saturated heterocycles. The molecule has 7 nitrogen and oxygen atoms in total. The second kappa shape index (κ2) is 6.71. The number of carbonyl (C=O) groups is 1. The fourth-order valence-electron chi connectivity index (χ4n) is 2.25. The number of nitrogens with one attached hydrogen (secondary N) is 2. The van der Waals surface area contributed by atoms with Gasteiger partial charge in [0.1, 0.15) is 4.83 Å². The van der Waals surface area contributed by atoms with Gasteiger partial charge in [0.15, 0.2) is 11.5 Å². The maximum atomic E-state index is 12.3. The molecule has 0 aliphatic rings. The third-order valence-electron chi connectivity index (χ3n) is 3.45. The van der Waals surface area contributed by atoms with E-state index in [2.05, 4.69) is 15.3 Å². The van der Waals surface area contributed by atoms with Crippen molar-refractivity contribution in [1.29, 1.82) is 0 Å². The lowest BCUT2D eigenvalue weighted by Gasteiger charge is -2.09. The van der Waals surface area contributed by atoms with Crippen LogP contribution in [0, 0.1) is 0 Å². The van der Waals surface area contributed by atoms with Gasteiger partial charge in [-0.05, 0) is 24.3 Å². The molecule has 3 rings (SSSR count). The first kappa shape index (κ1) is 16.0. The van der Waals surface area contributed by atoms with Crippen molar-refractivity contribution in [3.8, 4) is 11.5 Å². The molecular formula is C16H15N3O4S. The number of aromatic amines is 1. The molecule has 0 aliphatic heterocycles. The first-order chi connectivity index (χ1) is 11.6. The highest BCUT2D eigenvalue weighted by Gasteiger charge is 2.12. The largest absolute Gasteiger partial charge is 0.493 e. The number of hydrogen-bond acceptors (Lipinski definition) is 6. The van der Waals surface area contributed by atoms with Crippen molar-refractivity contribution in [2.45, 2.75) is 6.54 Å². The van der Waals surface area contributed by atoms with Crippen LogP contribution in [0.1, 0.15) is 15.2 Å². The van der Waals surface area contributed by atoms with Gasteiger partial charge in [-0.1, -0.05) is 0 Å². The second-order valence-electron chi connectivity index (χ2n) is 4.92. The van der Waals surface area contributed by atoms with Crippen LogP contribution in [-0.4, -0.2) is 30.1 Å². The van der Waals surface area contributed by atoms with Crippen LogP contribution < -0.4 is 20.3 Å². The number of ether oxygens (including phenoxy) is 2. The molecule has 2 aromatic heterocycles. The van der Waals surface area contributed by atoms with E-state index in [4.69, 9.17) is 9.47 Å². The zero-order chi connectivity index (χ0) is 17.1. The molecular weight excluding hydrogens is 330 g/mol. The van der Waals surface area contributed by atoms with Crippen molar-refractivity contribution >= 4 is 27.5 Å². The van der Waals surface area contributed by atoms with Gasteiger partial charge in [-0.15, -0.1) is 11.3 Å². The summed E-state index contributed by atoms with van der Waals surface area (Å²) in [6, 6.07) is 6.69. The van der Waals surface area contributed by atoms with E-state index >= 15 is 0 Å². The quantitative estimate of drug-likeness (QED) is 0.737. The lowest BCUT2D eigenvalue weighted by molar-refractivity contribution is 0.0951. The molecule has 0 fully saturated rings. The summed E-state index contributed by atoms with van der Waals surface area (Å²) in [5, 5.41) is 3.35. The summed E-state index contributed by atoms with van der Waals surface area (Å²) in [6.45, 7) is 0.313. The smallest absolute Gasteiger partial charge is 0.259 e. The number of fused-ring (bicyclic) bond motifs is 1. The zero-order valence-electron chi connectivity index (χ0n) is 13.1. The highest BCUT2D eigenvalue weighted by Crippen LogP contribution is 2.27. The summed E-state index contributed by atoms with van der Waals surface area (Å²) in [4.78, 5) is 32.1. The molecule has 0 atom stereocenters. The van der Waals surface area contributed by atoms with E-state index in [-0.39, 0.29) is 11.5 Å². The third kappa shape index (κ3) is 3.09. The van der Waals surface area contributed by atoms with Crippen molar-refractivity contribution < 1.29 is 14.3 Å². The van der Waals surface area contributed by atoms with Crippen LogP contribution in [0.2, 0.25) is 0 Å². The van der Waals surface area contributed by atoms with Gasteiger partial charge in [0, 0.05) is 10.4 Å². The van der Waals surface area contributed by atoms with Gasteiger partial charge in [-0.25, -0.2) is 4.98 Å². The van der Waals surface area contributed by atoms with Crippen molar-refractivity contribution in [2.75, 3.05) is 14.2 Å². The summed E-state index contributed by atoms with van der Waals surface area (Å²) in [5.74, 6) is 0.807. The van der Waals surface area contributed by atoms with E-state index in [0.717, 1.165) is 4.88 Å². The van der Waals surface area contributed by atoms with E-state index in [9.17, 15) is 9.59 Å². The van der Waals surface area contributed by atoms with Crippen LogP contribution in [-0.2, 0) is 6.54 Å². The highest BCUT2D eigenvalue weighted by atomic mass is 32.1. The number of carbonyl (C=O) groups excluding carboxylic acids is 1. The maximum absolute atomic E-state index is 12.3. The van der Waals surface area contributed by atoms with Crippen LogP contribution in [0.25, 0.3) is 10.2 Å². The Hall–Kier alpha value is -2.87. The Morgan fingerprint density at radius 2 is 2.04 bits per heavy atom. The minimum atomic E-state index is -0.240. The Labute approximate surface area is 141 Å². The van der Waals surface area contributed by atoms with E-state index in [1.807, 2.05) is 0 Å². The minimum Gasteiger partial charge on any atom is -0.493 e. The molecule has 1 aromatic carbocycles. The van der Waals surface area contributed by atoms with Gasteiger partial charge in [0.2, 0.25) is 0 Å². The van der Waals surface area contributed by atoms with E-state index in [1.54, 1.807) is 24.3 Å². The van der Waals surface area contributed by atoms with E-state index < -0.39 is 0 Å². The van der Waals surface area contributed by atoms with Gasteiger partial charge in [0.25, 0.3) is 11.5 Å². The van der Waals surface area contributed by atoms with Crippen molar-refractivity contribution in [3.05, 3.63) is 51.4 Å². The number of aromatic nitrogens is 2. The Balaban J connectivity index is 1.75. The molecule has 24 heavy (non-hydrogen) atoms. The van der Waals surface area contributed by atoms with Crippen LogP contribution in [0.15, 0.2) is 35.4 Å². The summed E-state index contributed by atoms with van der Waals surface area (Å²) in [5.41, 5.74) is 0.276. The lowest BCUT2D eigenvalue weighted by atomic mass is 10.2. The molecule has 0 unspecified atom stereocenters. The Bertz CT molecular complexity index is 948. The molecule has 3 aromatic rings. The van der Waals surface area contributed by atoms with Crippen LogP contribution >= 0.6 is 11.3 Å². The molecule has 2 heterocycles. The predicted molar refractivity (Wildman–Crippen MR) is 91.0 cm³/mol. The number of H-pyrrole nitrogens is 1. The number of rotatable bonds is 5. The normalized spacial score (nSPS) is 10.6. The first-order valence-corrected chi connectivity index (χ1v) is 7.90. The van der Waals surface area contributed by atoms with Crippen LogP contribution in [0.3, 0.4) is 0 Å². The predicted octanol–water partition coefficient (Wildman–Crippen LogP) is 1.93. The fraction of sp³-hybridized carbons (Fsp3) is 0.188. The molecule has 0 saturated carbocycles. The highest BCUT2D eigenvalue weighted by molar-refractivity contribution is 7.18. The number of thiophene rings is 1. The number of nitrogens with zero attached hydrogens (tertiary/aromatic N) is 1. The van der Waals surface area contributed by atoms with Crippen molar-refractivity contribution in [3.63, 3.8) is 0 Å². The maximum Gasteiger partial charge on any atom is 0.259 e. The van der Waals surface area contributed by atoms with E-state index in [1.165, 1.54) is 31.9 Å². The Morgan fingerprint density at radius 3 is 2.75 bits per heavy atom. The topological polar surface area (TPSA) is 93.3 Å². The summed E-state index contributed by atoms with van der Waals surface area (Å²) < 4.78 is 10.3. The third-order valence-corrected chi connectivity index (χ3v) is 4.50. The number of hydrogen-bond donors (Lipinski definition) is 2. The summed E-state index contributed by atoms with van der Waals surface area (Å²) in [6.07, 6.45) is 1.37. The lowest BCUT2D eigenvalue weighted by Crippen LogP contribution is -2.22. The average Bonchev–Trinajstić information content (AvgIpc) is 3.03. The van der Waals surface area contributed by atoms with Gasteiger partial charge in [-0.3, -0.25) is 9.59 Å². The molecule has 0 radical (unpaired) electrons. The molecule has 2 N–H and O–H groups in total. The number of amides is 1. The van der Waals surface area contributed by atoms with Gasteiger partial charge < -0.3 is 19.8 Å². The minimum absolute atomic E-state index is 0.186. The molecule has 124 valence electrons. The van der Waals surface area contributed by atoms with E-state index in [0.29, 0.717) is 33.8 Å². The molecule has 8 heteroatoms. The van der Waals surface area contributed by atoms with Crippen molar-refractivity contribution in [2.24, 2.45) is 0 Å². The van der Waals surface area contributed by atoms with Gasteiger partial charge >= 0.3 is 0 Å². The Morgan fingerprint density at radius 1 is 1.25 bits per heavy atom. The zero-order valence-corrected chi connectivity index (χ0v) is 13.9.